The summed E-state index contributed by atoms with van der Waals surface area (Å²) in [5.41, 5.74) is 2.45. The molecule has 0 N–H and O–H groups in total. The lowest BCUT2D eigenvalue weighted by atomic mass is 10.0. The van der Waals surface area contributed by atoms with Crippen LogP contribution in [0.5, 0.6) is 5.75 Å². The van der Waals surface area contributed by atoms with Crippen molar-refractivity contribution in [1.82, 2.24) is 25.1 Å². The van der Waals surface area contributed by atoms with Gasteiger partial charge in [-0.1, -0.05) is 42.0 Å². The van der Waals surface area contributed by atoms with Crippen LogP contribution >= 0.6 is 0 Å². The summed E-state index contributed by atoms with van der Waals surface area (Å²) in [4.78, 5) is 2.17. The molecule has 0 radical (unpaired) electrons. The average molecular weight is 562 g/mol. The van der Waals surface area contributed by atoms with Gasteiger partial charge < -0.3 is 9.15 Å². The van der Waals surface area contributed by atoms with Gasteiger partial charge in [0.05, 0.1) is 30.9 Å². The number of hydrogen-bond donors (Lipinski definition) is 0. The summed E-state index contributed by atoms with van der Waals surface area (Å²) in [7, 11) is -2.19. The zero-order valence-electron chi connectivity index (χ0n) is 22.0. The van der Waals surface area contributed by atoms with Crippen LogP contribution in [0.25, 0.3) is 0 Å². The number of furan rings is 1. The molecular weight excluding hydrogens is 533 g/mol. The molecule has 0 bridgehead atoms. The maximum atomic E-state index is 14.5. The molecule has 11 heteroatoms. The minimum absolute atomic E-state index is 0.160. The molecule has 40 heavy (non-hydrogen) atoms. The Labute approximate surface area is 231 Å². The molecule has 3 aromatic carbocycles. The molecule has 2 heterocycles. The van der Waals surface area contributed by atoms with Crippen molar-refractivity contribution in [3.63, 3.8) is 0 Å². The summed E-state index contributed by atoms with van der Waals surface area (Å²) in [6.07, 6.45) is 1.58. The first-order valence-electron chi connectivity index (χ1n) is 12.5. The van der Waals surface area contributed by atoms with Gasteiger partial charge >= 0.3 is 0 Å². The second kappa shape index (κ2) is 11.8. The molecule has 0 fully saturated rings. The third kappa shape index (κ3) is 6.27. The fourth-order valence-electron chi connectivity index (χ4n) is 4.49. The molecule has 0 spiro atoms. The van der Waals surface area contributed by atoms with Crippen LogP contribution in [0.3, 0.4) is 0 Å². The number of aryl methyl sites for hydroxylation is 1. The van der Waals surface area contributed by atoms with E-state index in [9.17, 15) is 12.8 Å². The molecule has 206 valence electrons. The topological polar surface area (TPSA) is 103 Å². The number of benzene rings is 3. The summed E-state index contributed by atoms with van der Waals surface area (Å²) in [6.45, 7) is 2.59. The van der Waals surface area contributed by atoms with E-state index in [1.54, 1.807) is 55.8 Å². The van der Waals surface area contributed by atoms with Gasteiger partial charge in [0.2, 0.25) is 0 Å². The summed E-state index contributed by atoms with van der Waals surface area (Å²) in [5, 5.41) is 12.1. The van der Waals surface area contributed by atoms with Crippen LogP contribution in [0.2, 0.25) is 0 Å². The molecule has 2 aromatic heterocycles. The number of nitrogens with zero attached hydrogens (tertiary/aromatic N) is 5. The summed E-state index contributed by atoms with van der Waals surface area (Å²) in [6, 6.07) is 23.2. The van der Waals surface area contributed by atoms with E-state index in [-0.39, 0.29) is 10.7 Å². The van der Waals surface area contributed by atoms with Crippen molar-refractivity contribution in [1.29, 1.82) is 0 Å². The zero-order chi connectivity index (χ0) is 28.1. The number of ether oxygens (including phenoxy) is 1. The molecule has 0 unspecified atom stereocenters. The molecule has 1 atom stereocenters. The zero-order valence-corrected chi connectivity index (χ0v) is 22.8. The summed E-state index contributed by atoms with van der Waals surface area (Å²) < 4.78 is 53.4. The molecule has 0 aliphatic carbocycles. The quantitative estimate of drug-likeness (QED) is 0.223. The molecule has 0 amide bonds. The van der Waals surface area contributed by atoms with Crippen molar-refractivity contribution >= 4 is 9.84 Å². The highest BCUT2D eigenvalue weighted by Gasteiger charge is 2.31. The van der Waals surface area contributed by atoms with E-state index in [1.165, 1.54) is 16.8 Å². The first-order chi connectivity index (χ1) is 19.3. The van der Waals surface area contributed by atoms with Crippen molar-refractivity contribution in [3.8, 4) is 5.75 Å². The van der Waals surface area contributed by atoms with Crippen LogP contribution in [0.1, 0.15) is 34.3 Å². The monoisotopic (exact) mass is 561 g/mol. The second-order valence-electron chi connectivity index (χ2n) is 9.38. The standard InChI is InChI=1S/C29H28FN5O4S/c1-21-8-14-27(15-9-21)40(36,37)20-35-29(31-32-33-35)28(23-5-3-6-24(30)17-23)34(19-26-7-4-16-39-26)18-22-10-12-25(38-2)13-11-22/h3-17,28H,18-20H2,1-2H3/t28-/m0/s1. The summed E-state index contributed by atoms with van der Waals surface area (Å²) >= 11 is 0. The molecule has 0 saturated heterocycles. The Hall–Kier alpha value is -4.35. The van der Waals surface area contributed by atoms with Crippen LogP contribution in [-0.4, -0.2) is 40.6 Å². The van der Waals surface area contributed by atoms with E-state index >= 15 is 0 Å². The van der Waals surface area contributed by atoms with E-state index in [0.717, 1.165) is 11.1 Å². The fraction of sp³-hybridized carbons (Fsp3) is 0.207. The number of hydrogen-bond acceptors (Lipinski definition) is 8. The molecule has 5 rings (SSSR count). The Kier molecular flexibility index (Phi) is 8.04. The second-order valence-corrected chi connectivity index (χ2v) is 11.3. The van der Waals surface area contributed by atoms with Gasteiger partial charge in [-0.3, -0.25) is 4.90 Å². The minimum Gasteiger partial charge on any atom is -0.497 e. The van der Waals surface area contributed by atoms with Gasteiger partial charge in [-0.25, -0.2) is 17.5 Å². The lowest BCUT2D eigenvalue weighted by Crippen LogP contribution is -2.32. The number of aromatic nitrogens is 4. The highest BCUT2D eigenvalue weighted by Crippen LogP contribution is 2.32. The van der Waals surface area contributed by atoms with E-state index in [0.29, 0.717) is 30.2 Å². The number of sulfone groups is 1. The first kappa shape index (κ1) is 27.2. The van der Waals surface area contributed by atoms with Gasteiger partial charge in [-0.15, -0.1) is 5.10 Å². The van der Waals surface area contributed by atoms with Crippen molar-refractivity contribution < 1.29 is 22.0 Å². The molecule has 5 aromatic rings. The molecule has 0 aliphatic heterocycles. The smallest absolute Gasteiger partial charge is 0.198 e. The van der Waals surface area contributed by atoms with Crippen molar-refractivity contribution in [2.75, 3.05) is 7.11 Å². The third-order valence-electron chi connectivity index (χ3n) is 6.49. The number of rotatable bonds is 11. The van der Waals surface area contributed by atoms with Gasteiger partial charge in [0, 0.05) is 6.54 Å². The Balaban J connectivity index is 1.58. The molecule has 0 aliphatic rings. The Morgan fingerprint density at radius 2 is 1.77 bits per heavy atom. The van der Waals surface area contributed by atoms with Gasteiger partial charge in [-0.05, 0) is 77.0 Å². The Morgan fingerprint density at radius 3 is 2.45 bits per heavy atom. The maximum absolute atomic E-state index is 14.5. The highest BCUT2D eigenvalue weighted by atomic mass is 32.2. The average Bonchev–Trinajstić information content (AvgIpc) is 3.62. The van der Waals surface area contributed by atoms with Crippen LogP contribution in [0, 0.1) is 12.7 Å². The van der Waals surface area contributed by atoms with Gasteiger partial charge in [0.25, 0.3) is 0 Å². The van der Waals surface area contributed by atoms with Crippen LogP contribution in [0.4, 0.5) is 4.39 Å². The van der Waals surface area contributed by atoms with Crippen molar-refractivity contribution in [2.45, 2.75) is 36.8 Å². The Morgan fingerprint density at radius 1 is 1.00 bits per heavy atom. The van der Waals surface area contributed by atoms with Crippen LogP contribution in [0.15, 0.2) is 101 Å². The van der Waals surface area contributed by atoms with E-state index in [1.807, 2.05) is 42.2 Å². The van der Waals surface area contributed by atoms with E-state index in [4.69, 9.17) is 9.15 Å². The van der Waals surface area contributed by atoms with Gasteiger partial charge in [0.1, 0.15) is 17.3 Å². The van der Waals surface area contributed by atoms with Gasteiger partial charge in [0.15, 0.2) is 21.5 Å². The van der Waals surface area contributed by atoms with E-state index in [2.05, 4.69) is 15.5 Å². The number of halogens is 1. The maximum Gasteiger partial charge on any atom is 0.198 e. The number of tetrazole rings is 1. The predicted octanol–water partition coefficient (Wildman–Crippen LogP) is 4.95. The van der Waals surface area contributed by atoms with Crippen LogP contribution in [-0.2, 0) is 28.8 Å². The largest absolute Gasteiger partial charge is 0.497 e. The first-order valence-corrected chi connectivity index (χ1v) is 14.2. The van der Waals surface area contributed by atoms with E-state index < -0.39 is 27.6 Å². The third-order valence-corrected chi connectivity index (χ3v) is 8.06. The lowest BCUT2D eigenvalue weighted by Gasteiger charge is -2.31. The summed E-state index contributed by atoms with van der Waals surface area (Å²) in [5.74, 6) is 0.716. The predicted molar refractivity (Wildman–Crippen MR) is 145 cm³/mol. The van der Waals surface area contributed by atoms with Crippen molar-refractivity contribution in [3.05, 3.63) is 125 Å². The minimum atomic E-state index is -3.79. The molecule has 0 saturated carbocycles. The SMILES string of the molecule is COc1ccc(CN(Cc2ccco2)[C@@H](c2cccc(F)c2)c2nnnn2CS(=O)(=O)c2ccc(C)cc2)cc1. The van der Waals surface area contributed by atoms with Crippen LogP contribution < -0.4 is 4.74 Å². The normalized spacial score (nSPS) is 12.5. The lowest BCUT2D eigenvalue weighted by molar-refractivity contribution is 0.180. The highest BCUT2D eigenvalue weighted by molar-refractivity contribution is 7.90. The van der Waals surface area contributed by atoms with Gasteiger partial charge in [-0.2, -0.15) is 0 Å². The Bertz CT molecular complexity index is 1650. The van der Waals surface area contributed by atoms with Crippen molar-refractivity contribution in [2.24, 2.45) is 0 Å². The molecular formula is C29H28FN5O4S. The fourth-order valence-corrected chi connectivity index (χ4v) is 5.69. The number of methoxy groups -OCH3 is 1. The molecule has 9 nitrogen and oxygen atoms in total.